The van der Waals surface area contributed by atoms with E-state index in [1.807, 2.05) is 44.2 Å². The second-order valence-corrected chi connectivity index (χ2v) is 6.54. The number of hydrogen-bond acceptors (Lipinski definition) is 8. The molecule has 2 aromatic heterocycles. The maximum atomic E-state index is 12.2. The van der Waals surface area contributed by atoms with Crippen LogP contribution in [0.25, 0.3) is 5.78 Å². The fourth-order valence-corrected chi connectivity index (χ4v) is 3.13. The van der Waals surface area contributed by atoms with Gasteiger partial charge in [0.1, 0.15) is 0 Å². The van der Waals surface area contributed by atoms with Crippen LogP contribution in [0, 0.1) is 0 Å². The molecule has 2 heterocycles. The van der Waals surface area contributed by atoms with Crippen molar-refractivity contribution in [2.75, 3.05) is 29.5 Å². The molecule has 0 saturated carbocycles. The van der Waals surface area contributed by atoms with E-state index >= 15 is 0 Å². The Morgan fingerprint density at radius 1 is 1.07 bits per heavy atom. The van der Waals surface area contributed by atoms with Gasteiger partial charge in [-0.3, -0.25) is 4.79 Å². The Morgan fingerprint density at radius 2 is 1.85 bits per heavy atom. The molecule has 3 aromatic rings. The number of fused-ring (bicyclic) bond motifs is 1. The number of carbonyl (C=O) groups is 1. The van der Waals surface area contributed by atoms with Gasteiger partial charge >= 0.3 is 0 Å². The van der Waals surface area contributed by atoms with E-state index in [4.69, 9.17) is 0 Å². The van der Waals surface area contributed by atoms with Crippen molar-refractivity contribution in [3.63, 3.8) is 0 Å². The van der Waals surface area contributed by atoms with Crippen LogP contribution in [0.5, 0.6) is 0 Å². The first kappa shape index (κ1) is 18.9. The summed E-state index contributed by atoms with van der Waals surface area (Å²) in [5.74, 6) is 1.68. The second-order valence-electron chi connectivity index (χ2n) is 5.60. The topological polar surface area (TPSA) is 109 Å². The monoisotopic (exact) mass is 386 g/mol. The molecule has 0 spiro atoms. The van der Waals surface area contributed by atoms with E-state index in [2.05, 4.69) is 36.1 Å². The summed E-state index contributed by atoms with van der Waals surface area (Å²) in [6.45, 7) is 5.85. The summed E-state index contributed by atoms with van der Waals surface area (Å²) >= 11 is 1.30. The fourth-order valence-electron chi connectivity index (χ4n) is 2.38. The molecular formula is C17H22N8OS. The molecule has 0 atom stereocenters. The lowest BCUT2D eigenvalue weighted by Crippen LogP contribution is -2.24. The molecule has 0 unspecified atom stereocenters. The highest BCUT2D eigenvalue weighted by atomic mass is 32.2. The molecule has 0 fully saturated rings. The highest BCUT2D eigenvalue weighted by molar-refractivity contribution is 7.99. The zero-order valence-electron chi connectivity index (χ0n) is 15.3. The number of benzene rings is 1. The summed E-state index contributed by atoms with van der Waals surface area (Å²) in [6.07, 6.45) is 0. The first-order valence-electron chi connectivity index (χ1n) is 8.75. The molecule has 1 aromatic carbocycles. The molecule has 0 aliphatic rings. The highest BCUT2D eigenvalue weighted by Gasteiger charge is 2.15. The molecule has 27 heavy (non-hydrogen) atoms. The van der Waals surface area contributed by atoms with Gasteiger partial charge in [0.25, 0.3) is 5.78 Å². The van der Waals surface area contributed by atoms with Crippen LogP contribution in [-0.4, -0.2) is 49.3 Å². The van der Waals surface area contributed by atoms with E-state index in [1.165, 1.54) is 11.8 Å². The zero-order valence-corrected chi connectivity index (χ0v) is 16.1. The third kappa shape index (κ3) is 4.85. The smallest absolute Gasteiger partial charge is 0.261 e. The minimum Gasteiger partial charge on any atom is -0.355 e. The van der Waals surface area contributed by atoms with E-state index in [0.29, 0.717) is 42.5 Å². The molecule has 3 rings (SSSR count). The number of rotatable bonds is 9. The molecule has 0 saturated heterocycles. The number of hydrogen-bond donors (Lipinski definition) is 3. The molecule has 0 aliphatic heterocycles. The second kappa shape index (κ2) is 9.17. The fraction of sp³-hybridized carbons (Fsp3) is 0.353. The average molecular weight is 386 g/mol. The van der Waals surface area contributed by atoms with Crippen molar-refractivity contribution in [3.05, 3.63) is 35.9 Å². The van der Waals surface area contributed by atoms with Crippen LogP contribution in [0.2, 0.25) is 0 Å². The standard InChI is InChI=1S/C17H22N8OS/c1-3-18-14-21-15(19-4-2)25-16(22-14)23-24-17(25)27-11-13(26)20-10-12-8-6-5-7-9-12/h5-9H,3-4,10-11H2,1-2H3,(H,20,26)(H2,18,19,21,22,23). The highest BCUT2D eigenvalue weighted by Crippen LogP contribution is 2.20. The van der Waals surface area contributed by atoms with E-state index < -0.39 is 0 Å². The van der Waals surface area contributed by atoms with Gasteiger partial charge in [-0.15, -0.1) is 10.2 Å². The van der Waals surface area contributed by atoms with Crippen LogP contribution in [0.15, 0.2) is 35.5 Å². The molecule has 0 bridgehead atoms. The predicted octanol–water partition coefficient (Wildman–Crippen LogP) is 1.79. The molecule has 1 amide bonds. The molecular weight excluding hydrogens is 364 g/mol. The Labute approximate surface area is 161 Å². The largest absolute Gasteiger partial charge is 0.355 e. The van der Waals surface area contributed by atoms with Crippen LogP contribution in [0.3, 0.4) is 0 Å². The maximum absolute atomic E-state index is 12.2. The lowest BCUT2D eigenvalue weighted by atomic mass is 10.2. The van der Waals surface area contributed by atoms with Crippen molar-refractivity contribution < 1.29 is 4.79 Å². The van der Waals surface area contributed by atoms with Crippen LogP contribution in [-0.2, 0) is 11.3 Å². The van der Waals surface area contributed by atoms with Gasteiger partial charge in [-0.25, -0.2) is 4.40 Å². The van der Waals surface area contributed by atoms with Gasteiger partial charge < -0.3 is 16.0 Å². The van der Waals surface area contributed by atoms with Gasteiger partial charge in [-0.1, -0.05) is 42.1 Å². The van der Waals surface area contributed by atoms with Gasteiger partial charge in [0, 0.05) is 19.6 Å². The van der Waals surface area contributed by atoms with Gasteiger partial charge in [-0.2, -0.15) is 9.97 Å². The van der Waals surface area contributed by atoms with E-state index in [0.717, 1.165) is 5.56 Å². The van der Waals surface area contributed by atoms with Crippen LogP contribution in [0.4, 0.5) is 11.9 Å². The van der Waals surface area contributed by atoms with Gasteiger partial charge in [0.05, 0.1) is 5.75 Å². The predicted molar refractivity (Wildman–Crippen MR) is 106 cm³/mol. The number of anilines is 2. The lowest BCUT2D eigenvalue weighted by Gasteiger charge is -2.09. The summed E-state index contributed by atoms with van der Waals surface area (Å²) in [4.78, 5) is 20.9. The van der Waals surface area contributed by atoms with Crippen molar-refractivity contribution in [1.29, 1.82) is 0 Å². The quantitative estimate of drug-likeness (QED) is 0.478. The molecule has 10 heteroatoms. The van der Waals surface area contributed by atoms with Crippen LogP contribution in [0.1, 0.15) is 19.4 Å². The maximum Gasteiger partial charge on any atom is 0.261 e. The summed E-state index contributed by atoms with van der Waals surface area (Å²) in [5, 5.41) is 18.0. The minimum atomic E-state index is -0.0733. The first-order valence-corrected chi connectivity index (χ1v) is 9.74. The number of amides is 1. The van der Waals surface area contributed by atoms with Crippen molar-refractivity contribution in [2.24, 2.45) is 0 Å². The summed E-state index contributed by atoms with van der Waals surface area (Å²) < 4.78 is 1.72. The Morgan fingerprint density at radius 3 is 2.59 bits per heavy atom. The Bertz CT molecular complexity index is 899. The van der Waals surface area contributed by atoms with Crippen LogP contribution < -0.4 is 16.0 Å². The Balaban J connectivity index is 1.68. The zero-order chi connectivity index (χ0) is 19.1. The van der Waals surface area contributed by atoms with Crippen molar-refractivity contribution >= 4 is 35.3 Å². The summed E-state index contributed by atoms with van der Waals surface area (Å²) in [7, 11) is 0. The molecule has 3 N–H and O–H groups in total. The van der Waals surface area contributed by atoms with Gasteiger partial charge in [0.15, 0.2) is 5.16 Å². The SMILES string of the molecule is CCNc1nc(NCC)n2c(SCC(=O)NCc3ccccc3)nnc2n1. The first-order chi connectivity index (χ1) is 13.2. The van der Waals surface area contributed by atoms with Crippen LogP contribution >= 0.6 is 11.8 Å². The number of aromatic nitrogens is 5. The Kier molecular flexibility index (Phi) is 6.42. The lowest BCUT2D eigenvalue weighted by molar-refractivity contribution is -0.118. The third-order valence-corrected chi connectivity index (χ3v) is 4.51. The number of nitrogens with zero attached hydrogens (tertiary/aromatic N) is 5. The normalized spacial score (nSPS) is 10.7. The number of thioether (sulfide) groups is 1. The molecule has 0 aliphatic carbocycles. The van der Waals surface area contributed by atoms with E-state index in [9.17, 15) is 4.79 Å². The summed E-state index contributed by atoms with van der Waals surface area (Å²) in [5.41, 5.74) is 1.06. The van der Waals surface area contributed by atoms with Crippen molar-refractivity contribution in [1.82, 2.24) is 29.9 Å². The van der Waals surface area contributed by atoms with E-state index in [1.54, 1.807) is 4.40 Å². The number of nitrogens with one attached hydrogen (secondary N) is 3. The average Bonchev–Trinajstić information content (AvgIpc) is 3.09. The van der Waals surface area contributed by atoms with Crippen molar-refractivity contribution in [3.8, 4) is 0 Å². The molecule has 9 nitrogen and oxygen atoms in total. The van der Waals surface area contributed by atoms with Crippen molar-refractivity contribution in [2.45, 2.75) is 25.5 Å². The molecule has 0 radical (unpaired) electrons. The minimum absolute atomic E-state index is 0.0733. The van der Waals surface area contributed by atoms with Gasteiger partial charge in [0.2, 0.25) is 17.8 Å². The van der Waals surface area contributed by atoms with Gasteiger partial charge in [-0.05, 0) is 19.4 Å². The van der Waals surface area contributed by atoms with E-state index in [-0.39, 0.29) is 11.7 Å². The third-order valence-electron chi connectivity index (χ3n) is 3.58. The number of carbonyl (C=O) groups excluding carboxylic acids is 1. The molecule has 142 valence electrons. The Hall–Kier alpha value is -2.88. The summed E-state index contributed by atoms with van der Waals surface area (Å²) in [6, 6.07) is 9.79.